The van der Waals surface area contributed by atoms with Crippen LogP contribution in [0.25, 0.3) is 50.3 Å². The maximum atomic E-state index is 15.5. The number of hydrogen-bond acceptors (Lipinski definition) is 14. The van der Waals surface area contributed by atoms with Crippen LogP contribution in [0.3, 0.4) is 0 Å². The first-order chi connectivity index (χ1) is 37.4. The van der Waals surface area contributed by atoms with Gasteiger partial charge in [0.15, 0.2) is 5.76 Å². The molecule has 2 saturated heterocycles. The molecule has 7 aromatic rings. The molecule has 13 rings (SSSR count). The van der Waals surface area contributed by atoms with Crippen LogP contribution in [0.1, 0.15) is 125 Å². The molecule has 4 aliphatic heterocycles. The molecule has 2 aliphatic carbocycles. The van der Waals surface area contributed by atoms with Gasteiger partial charge in [-0.2, -0.15) is 0 Å². The summed E-state index contributed by atoms with van der Waals surface area (Å²) < 4.78 is 13.9. The van der Waals surface area contributed by atoms with E-state index in [0.29, 0.717) is 66.0 Å². The van der Waals surface area contributed by atoms with Gasteiger partial charge >= 0.3 is 0 Å². The molecular weight excluding hydrogens is 1040 g/mol. The van der Waals surface area contributed by atoms with Crippen LogP contribution in [0.2, 0.25) is 0 Å². The van der Waals surface area contributed by atoms with Gasteiger partial charge in [0.05, 0.1) is 23.0 Å². The number of fused-ring (bicyclic) bond motifs is 12. The van der Waals surface area contributed by atoms with Crippen LogP contribution >= 0.6 is 43.2 Å². The summed E-state index contributed by atoms with van der Waals surface area (Å²) in [5.74, 6) is 0.353. The second-order valence-corrected chi connectivity index (χ2v) is 27.7. The third-order valence-corrected chi connectivity index (χ3v) is 22.7. The molecule has 2 fully saturated rings. The number of phenolic OH excluding ortho intramolecular Hbond substituents is 2. The number of piperidine rings is 1. The van der Waals surface area contributed by atoms with E-state index in [9.17, 15) is 30.6 Å². The number of rotatable bonds is 7. The molecule has 10 nitrogen and oxygen atoms in total. The first-order valence-corrected chi connectivity index (χ1v) is 32.0. The number of aliphatic hydroxyl groups excluding tert-OH is 3. The largest absolute Gasteiger partial charge is 0.507 e. The van der Waals surface area contributed by atoms with Crippen LogP contribution in [0, 0.1) is 11.8 Å². The fraction of sp³-hybridized carbons (Fsp3) is 0.381. The Morgan fingerprint density at radius 2 is 1.70 bits per heavy atom. The van der Waals surface area contributed by atoms with Crippen molar-refractivity contribution in [3.8, 4) is 45.4 Å². The van der Waals surface area contributed by atoms with E-state index >= 15 is 4.79 Å². The maximum absolute atomic E-state index is 15.5. The molecular formula is C63H63NO9S4. The number of allylic oxidation sites excluding steroid dienone is 1. The van der Waals surface area contributed by atoms with Crippen LogP contribution in [-0.4, -0.2) is 73.1 Å². The van der Waals surface area contributed by atoms with E-state index in [1.807, 2.05) is 22.9 Å². The Labute approximate surface area is 463 Å². The van der Waals surface area contributed by atoms with Gasteiger partial charge in [-0.05, 0) is 142 Å². The van der Waals surface area contributed by atoms with E-state index in [1.165, 1.54) is 17.2 Å². The molecule has 14 heteroatoms. The van der Waals surface area contributed by atoms with Gasteiger partial charge in [-0.15, -0.1) is 0 Å². The fourth-order valence-corrected chi connectivity index (χ4v) is 19.5. The van der Waals surface area contributed by atoms with E-state index in [4.69, 9.17) is 9.15 Å². The van der Waals surface area contributed by atoms with Crippen LogP contribution < -0.4 is 15.5 Å². The van der Waals surface area contributed by atoms with Gasteiger partial charge in [0.25, 0.3) is 0 Å². The second kappa shape index (κ2) is 20.9. The van der Waals surface area contributed by atoms with Gasteiger partial charge in [0.2, 0.25) is 11.2 Å². The van der Waals surface area contributed by atoms with Crippen molar-refractivity contribution in [1.82, 2.24) is 5.32 Å². The Kier molecular flexibility index (Phi) is 13.9. The summed E-state index contributed by atoms with van der Waals surface area (Å²) in [6.45, 7) is 5.04. The Hall–Kier alpha value is -5.03. The minimum absolute atomic E-state index is 0.00235. The SMILES string of the molecule is CC(C)Cc1cc(-c2oc3cc(O)c4c(c3c(=O)c2O)OC2CC3c5c-4cc4c6c(ccc(c56)C(SSCCCC2O)C3O)C=CC4CCO)c2c(c1O)Cc1cccc(c1)C1NCC(Cc3ccccc3)CC1SSC2. The first-order valence-electron chi connectivity index (χ1n) is 27.2. The molecule has 77 heavy (non-hydrogen) atoms. The third-order valence-electron chi connectivity index (χ3n) is 17.1. The molecule has 9 unspecified atom stereocenters. The van der Waals surface area contributed by atoms with E-state index in [1.54, 1.807) is 32.4 Å². The van der Waals surface area contributed by atoms with Crippen molar-refractivity contribution in [3.63, 3.8) is 0 Å². The molecule has 5 heterocycles. The van der Waals surface area contributed by atoms with Crippen molar-refractivity contribution < 1.29 is 39.8 Å². The highest BCUT2D eigenvalue weighted by atomic mass is 33.1. The summed E-state index contributed by atoms with van der Waals surface area (Å²) in [6.07, 6.45) is 6.12. The van der Waals surface area contributed by atoms with Gasteiger partial charge < -0.3 is 45.1 Å². The summed E-state index contributed by atoms with van der Waals surface area (Å²) in [5, 5.41) is 78.7. The highest BCUT2D eigenvalue weighted by molar-refractivity contribution is 8.77. The quantitative estimate of drug-likeness (QED) is 0.0752. The number of hydrogen-bond donors (Lipinski definition) is 7. The molecule has 0 amide bonds. The van der Waals surface area contributed by atoms with E-state index in [-0.39, 0.29) is 80.9 Å². The summed E-state index contributed by atoms with van der Waals surface area (Å²) in [7, 11) is 6.88. The zero-order valence-electron chi connectivity index (χ0n) is 43.0. The van der Waals surface area contributed by atoms with Crippen molar-refractivity contribution >= 4 is 71.0 Å². The lowest BCUT2D eigenvalue weighted by Gasteiger charge is -2.42. The van der Waals surface area contributed by atoms with Gasteiger partial charge in [-0.3, -0.25) is 4.79 Å². The molecule has 6 aliphatic rings. The number of ether oxygens (including phenoxy) is 1. The highest BCUT2D eigenvalue weighted by Crippen LogP contribution is 2.61. The number of nitrogens with one attached hydrogen (secondary N) is 1. The molecule has 9 atom stereocenters. The van der Waals surface area contributed by atoms with Crippen molar-refractivity contribution in [2.24, 2.45) is 11.8 Å². The Morgan fingerprint density at radius 1 is 0.844 bits per heavy atom. The van der Waals surface area contributed by atoms with Crippen LogP contribution in [0.15, 0.2) is 100 Å². The van der Waals surface area contributed by atoms with Crippen molar-refractivity contribution in [2.45, 2.75) is 118 Å². The number of phenols is 2. The molecule has 0 radical (unpaired) electrons. The average Bonchev–Trinajstić information content (AvgIpc) is 3.63. The molecule has 7 N–H and O–H groups in total. The minimum atomic E-state index is -0.992. The van der Waals surface area contributed by atoms with Crippen LogP contribution in [0.5, 0.6) is 23.0 Å². The molecule has 6 aromatic carbocycles. The topological polar surface area (TPSA) is 173 Å². The predicted molar refractivity (Wildman–Crippen MR) is 315 cm³/mol. The molecule has 5 bridgehead atoms. The number of aliphatic hydroxyl groups is 3. The van der Waals surface area contributed by atoms with Gasteiger partial charge in [0.1, 0.15) is 34.3 Å². The summed E-state index contributed by atoms with van der Waals surface area (Å²) in [6, 6.07) is 29.0. The van der Waals surface area contributed by atoms with Gasteiger partial charge in [0, 0.05) is 64.9 Å². The number of benzene rings is 6. The summed E-state index contributed by atoms with van der Waals surface area (Å²) in [5.41, 5.74) is 10.0. The summed E-state index contributed by atoms with van der Waals surface area (Å²) >= 11 is 0. The van der Waals surface area contributed by atoms with Crippen LogP contribution in [-0.2, 0) is 25.0 Å². The normalized spacial score (nSPS) is 25.5. The average molecular weight is 1110 g/mol. The third kappa shape index (κ3) is 9.07. The standard InChI is InChI=1S/C63H63NO9S4/c1-31(2)20-38-25-42(45-30-75-76-50-24-34(21-32-8-4-3-5-9-32)29-64-56(50)37-11-6-10-33(22-37)23-41(45)57(38)68)61-60(71)59(70)55-49(73-61)28-47(67)53-43-26-40-35(17-18-65)13-14-36-15-16-39-54(51(36)40)52(43)44-27-48(72-62(53)55)46(66)12-7-19-74-77-63(39)58(44)69/h3-6,8-11,13-16,22,25-26,28,31,34-35,44,46,48,50,56,58,63-69,71H,7,12,17-21,23-24,27,29-30H2,1-2H3. The molecule has 398 valence electrons. The fourth-order valence-electron chi connectivity index (χ4n) is 13.6. The van der Waals surface area contributed by atoms with E-state index in [0.717, 1.165) is 69.3 Å². The summed E-state index contributed by atoms with van der Waals surface area (Å²) in [4.78, 5) is 15.5. The van der Waals surface area contributed by atoms with E-state index < -0.39 is 35.4 Å². The van der Waals surface area contributed by atoms with Crippen molar-refractivity contribution in [3.05, 3.63) is 157 Å². The smallest absolute Gasteiger partial charge is 0.238 e. The monoisotopic (exact) mass is 1110 g/mol. The van der Waals surface area contributed by atoms with Crippen molar-refractivity contribution in [2.75, 3.05) is 18.9 Å². The lowest BCUT2D eigenvalue weighted by Crippen LogP contribution is -2.41. The minimum Gasteiger partial charge on any atom is -0.507 e. The molecule has 0 spiro atoms. The lowest BCUT2D eigenvalue weighted by atomic mass is 9.69. The Morgan fingerprint density at radius 3 is 2.53 bits per heavy atom. The number of aromatic hydroxyl groups is 3. The van der Waals surface area contributed by atoms with Crippen LogP contribution in [0.4, 0.5) is 0 Å². The maximum Gasteiger partial charge on any atom is 0.238 e. The molecule has 0 saturated carbocycles. The predicted octanol–water partition coefficient (Wildman–Crippen LogP) is 13.0. The second-order valence-electron chi connectivity index (χ2n) is 22.5. The Bertz CT molecular complexity index is 3560. The Balaban J connectivity index is 0.999. The van der Waals surface area contributed by atoms with Crippen molar-refractivity contribution in [1.29, 1.82) is 0 Å². The zero-order valence-corrected chi connectivity index (χ0v) is 46.3. The zero-order chi connectivity index (χ0) is 52.8. The molecule has 1 aromatic heterocycles. The highest BCUT2D eigenvalue weighted by Gasteiger charge is 2.46. The lowest BCUT2D eigenvalue weighted by molar-refractivity contribution is 0.00975. The first kappa shape index (κ1) is 51.4. The van der Waals surface area contributed by atoms with Gasteiger partial charge in [-0.1, -0.05) is 136 Å². The van der Waals surface area contributed by atoms with E-state index in [2.05, 4.69) is 98.0 Å². The van der Waals surface area contributed by atoms with Gasteiger partial charge in [-0.25, -0.2) is 0 Å².